The first-order valence-electron chi connectivity index (χ1n) is 7.29. The van der Waals surface area contributed by atoms with Gasteiger partial charge in [0.15, 0.2) is 5.78 Å². The summed E-state index contributed by atoms with van der Waals surface area (Å²) in [5.74, 6) is -1.50. The molecule has 0 amide bonds. The summed E-state index contributed by atoms with van der Waals surface area (Å²) < 4.78 is 0. The number of nitrogens with zero attached hydrogens (tertiary/aromatic N) is 2. The molecule has 116 valence electrons. The van der Waals surface area contributed by atoms with Crippen LogP contribution in [0.15, 0.2) is 35.9 Å². The zero-order chi connectivity index (χ0) is 17.2. The number of phenols is 2. The number of phenolic OH excluding ortho intramolecular Hbond substituents is 2. The van der Waals surface area contributed by atoms with E-state index < -0.39 is 17.6 Å². The number of hydrogen-bond donors (Lipinski definition) is 2. The number of fused-ring (bicyclic) bond motifs is 3. The molecule has 2 N–H and O–H groups in total. The maximum absolute atomic E-state index is 12.9. The summed E-state index contributed by atoms with van der Waals surface area (Å²) >= 11 is 0. The van der Waals surface area contributed by atoms with Crippen LogP contribution in [0.3, 0.4) is 0 Å². The normalized spacial score (nSPS) is 18.1. The Morgan fingerprint density at radius 3 is 2.50 bits per heavy atom. The molecule has 2 aliphatic rings. The first-order chi connectivity index (χ1) is 11.5. The number of diazo groups is 1. The number of carbonyl (C=O) groups excluding carboxylic acids is 2. The van der Waals surface area contributed by atoms with E-state index in [9.17, 15) is 25.2 Å². The van der Waals surface area contributed by atoms with Crippen LogP contribution >= 0.6 is 0 Å². The Bertz CT molecular complexity index is 1040. The van der Waals surface area contributed by atoms with E-state index in [1.165, 1.54) is 24.3 Å². The van der Waals surface area contributed by atoms with E-state index in [0.29, 0.717) is 11.1 Å². The van der Waals surface area contributed by atoms with Crippen molar-refractivity contribution >= 4 is 17.1 Å². The Balaban J connectivity index is 2.09. The predicted molar refractivity (Wildman–Crippen MR) is 84.4 cm³/mol. The van der Waals surface area contributed by atoms with Crippen molar-refractivity contribution < 1.29 is 19.8 Å². The van der Waals surface area contributed by atoms with Gasteiger partial charge in [-0.2, -0.15) is 0 Å². The van der Waals surface area contributed by atoms with Crippen molar-refractivity contribution in [2.75, 3.05) is 0 Å². The molecule has 2 aromatic carbocycles. The highest BCUT2D eigenvalue weighted by molar-refractivity contribution is 6.43. The van der Waals surface area contributed by atoms with Gasteiger partial charge in [-0.05, 0) is 30.7 Å². The van der Waals surface area contributed by atoms with Gasteiger partial charge in [0.1, 0.15) is 22.0 Å². The third-order valence-electron chi connectivity index (χ3n) is 4.48. The highest BCUT2D eigenvalue weighted by Crippen LogP contribution is 2.52. The highest BCUT2D eigenvalue weighted by atomic mass is 16.3. The topological polar surface area (TPSA) is 103 Å². The molecule has 0 aliphatic heterocycles. The average Bonchev–Trinajstić information content (AvgIpc) is 2.87. The monoisotopic (exact) mass is 319 g/mol. The molecule has 6 heteroatoms. The van der Waals surface area contributed by atoms with Crippen molar-refractivity contribution in [2.45, 2.75) is 13.0 Å². The number of aryl methyl sites for hydroxylation is 1. The minimum absolute atomic E-state index is 0.0209. The molecule has 0 radical (unpaired) electrons. The van der Waals surface area contributed by atoms with E-state index in [1.54, 1.807) is 13.0 Å². The van der Waals surface area contributed by atoms with E-state index in [1.807, 2.05) is 0 Å². The van der Waals surface area contributed by atoms with Crippen LogP contribution in [0.2, 0.25) is 0 Å². The van der Waals surface area contributed by atoms with Crippen molar-refractivity contribution in [2.24, 2.45) is 0 Å². The second-order valence-corrected chi connectivity index (χ2v) is 5.91. The fourth-order valence-electron chi connectivity index (χ4n) is 3.54. The number of allylic oxidation sites excluding steroid dienone is 1. The number of ketones is 2. The van der Waals surface area contributed by atoms with Gasteiger partial charge in [-0.15, -0.1) is 0 Å². The molecule has 2 aromatic rings. The summed E-state index contributed by atoms with van der Waals surface area (Å²) in [4.78, 5) is 29.0. The summed E-state index contributed by atoms with van der Waals surface area (Å²) in [5.41, 5.74) is 1.31. The fraction of sp³-hybridized carbons (Fsp3) is 0.111. The summed E-state index contributed by atoms with van der Waals surface area (Å²) in [7, 11) is 0. The lowest BCUT2D eigenvalue weighted by Gasteiger charge is -2.16. The standard InChI is InChI=1S/C18H10N2O4/c1-7-5-9-12(11(22)6-7)14-15(16(9)20-19)18(24)13-8(17(14)23)3-2-4-10(13)21/h2-6,16H,1H3,(H-,21,22,24)/p+1. The van der Waals surface area contributed by atoms with Gasteiger partial charge in [0.25, 0.3) is 0 Å². The lowest BCUT2D eigenvalue weighted by atomic mass is 9.83. The molecule has 0 spiro atoms. The van der Waals surface area contributed by atoms with Crippen molar-refractivity contribution in [3.05, 3.63) is 68.7 Å². The molecular weight excluding hydrogens is 308 g/mol. The van der Waals surface area contributed by atoms with Crippen molar-refractivity contribution in [1.29, 1.82) is 5.39 Å². The molecule has 0 saturated carbocycles. The smallest absolute Gasteiger partial charge is 0.369 e. The lowest BCUT2D eigenvalue weighted by Crippen LogP contribution is -2.20. The largest absolute Gasteiger partial charge is 0.507 e. The quantitative estimate of drug-likeness (QED) is 0.726. The van der Waals surface area contributed by atoms with E-state index in [2.05, 4.69) is 4.98 Å². The first-order valence-corrected chi connectivity index (χ1v) is 7.29. The molecule has 0 bridgehead atoms. The maximum atomic E-state index is 12.9. The summed E-state index contributed by atoms with van der Waals surface area (Å²) in [6.07, 6.45) is 0. The molecule has 24 heavy (non-hydrogen) atoms. The minimum atomic E-state index is -1.06. The van der Waals surface area contributed by atoms with Gasteiger partial charge < -0.3 is 10.2 Å². The van der Waals surface area contributed by atoms with Gasteiger partial charge in [-0.1, -0.05) is 12.1 Å². The van der Waals surface area contributed by atoms with E-state index in [4.69, 9.17) is 0 Å². The molecule has 0 heterocycles. The molecule has 0 saturated heterocycles. The molecule has 1 atom stereocenters. The van der Waals surface area contributed by atoms with Gasteiger partial charge in [-0.25, -0.2) is 0 Å². The minimum Gasteiger partial charge on any atom is -0.507 e. The number of carbonyl (C=O) groups is 2. The van der Waals surface area contributed by atoms with Crippen molar-refractivity contribution in [3.63, 3.8) is 0 Å². The molecule has 2 aliphatic carbocycles. The molecular formula is C18H11N2O4+. The van der Waals surface area contributed by atoms with E-state index >= 15 is 0 Å². The van der Waals surface area contributed by atoms with Crippen molar-refractivity contribution in [3.8, 4) is 11.5 Å². The van der Waals surface area contributed by atoms with Gasteiger partial charge in [-0.3, -0.25) is 9.59 Å². The maximum Gasteiger partial charge on any atom is 0.369 e. The number of hydrogen-bond acceptors (Lipinski definition) is 5. The zero-order valence-corrected chi connectivity index (χ0v) is 12.6. The predicted octanol–water partition coefficient (Wildman–Crippen LogP) is 3.15. The summed E-state index contributed by atoms with van der Waals surface area (Å²) in [6.45, 7) is 1.75. The summed E-state index contributed by atoms with van der Waals surface area (Å²) in [6, 6.07) is 6.34. The molecule has 4 rings (SSSR count). The third kappa shape index (κ3) is 1.56. The van der Waals surface area contributed by atoms with Crippen LogP contribution in [0.25, 0.3) is 10.5 Å². The van der Waals surface area contributed by atoms with Crippen LogP contribution in [0.1, 0.15) is 43.4 Å². The number of benzene rings is 2. The number of rotatable bonds is 0. The SMILES string of the molecule is Cc1cc(O)c2c(c1)C([N+]#N)C1=C2C(=O)c2cccc(O)c2C1=O. The number of aromatic hydroxyl groups is 2. The van der Waals surface area contributed by atoms with Crippen LogP contribution in [-0.4, -0.2) is 21.8 Å². The van der Waals surface area contributed by atoms with Crippen LogP contribution < -0.4 is 0 Å². The van der Waals surface area contributed by atoms with Gasteiger partial charge in [0, 0.05) is 16.7 Å². The van der Waals surface area contributed by atoms with Gasteiger partial charge in [0.05, 0.1) is 11.1 Å². The second kappa shape index (κ2) is 4.52. The Hall–Kier alpha value is -3.46. The fourth-order valence-corrected chi connectivity index (χ4v) is 3.54. The molecule has 6 nitrogen and oxygen atoms in total. The second-order valence-electron chi connectivity index (χ2n) is 5.91. The molecule has 0 fully saturated rings. The Labute approximate surface area is 136 Å². The van der Waals surface area contributed by atoms with E-state index in [0.717, 1.165) is 0 Å². The Morgan fingerprint density at radius 2 is 1.79 bits per heavy atom. The molecule has 1 unspecified atom stereocenters. The number of Topliss-reactive ketones (excluding diaryl/α,β-unsaturated/α-hetero) is 2. The Kier molecular flexibility index (Phi) is 2.67. The first kappa shape index (κ1) is 14.2. The Morgan fingerprint density at radius 1 is 1.04 bits per heavy atom. The highest BCUT2D eigenvalue weighted by Gasteiger charge is 2.51. The zero-order valence-electron chi connectivity index (χ0n) is 12.6. The van der Waals surface area contributed by atoms with Gasteiger partial charge in [0.2, 0.25) is 11.2 Å². The van der Waals surface area contributed by atoms with Crippen LogP contribution in [0.5, 0.6) is 11.5 Å². The summed E-state index contributed by atoms with van der Waals surface area (Å²) in [5, 5.41) is 29.7. The lowest BCUT2D eigenvalue weighted by molar-refractivity contribution is 0.0987. The van der Waals surface area contributed by atoms with Crippen LogP contribution in [0, 0.1) is 12.3 Å². The van der Waals surface area contributed by atoms with Crippen LogP contribution in [-0.2, 0) is 0 Å². The average molecular weight is 319 g/mol. The van der Waals surface area contributed by atoms with Crippen LogP contribution in [0.4, 0.5) is 0 Å². The molecule has 0 aromatic heterocycles. The third-order valence-corrected chi connectivity index (χ3v) is 4.48. The van der Waals surface area contributed by atoms with E-state index in [-0.39, 0.29) is 39.3 Å². The van der Waals surface area contributed by atoms with Gasteiger partial charge >= 0.3 is 6.04 Å². The van der Waals surface area contributed by atoms with Crippen molar-refractivity contribution in [1.82, 2.24) is 0 Å².